The van der Waals surface area contributed by atoms with Gasteiger partial charge < -0.3 is 10.4 Å². The van der Waals surface area contributed by atoms with Gasteiger partial charge in [-0.25, -0.2) is 4.98 Å². The summed E-state index contributed by atoms with van der Waals surface area (Å²) >= 11 is 6.03. The molecule has 1 aliphatic rings. The lowest BCUT2D eigenvalue weighted by atomic mass is 10.00. The molecule has 0 radical (unpaired) electrons. The Bertz CT molecular complexity index is 1390. The molecule has 0 saturated heterocycles. The minimum atomic E-state index is -0.942. The molecule has 0 spiro atoms. The lowest BCUT2D eigenvalue weighted by Crippen LogP contribution is -2.24. The van der Waals surface area contributed by atoms with Crippen molar-refractivity contribution in [3.05, 3.63) is 130 Å². The van der Waals surface area contributed by atoms with Crippen LogP contribution in [0.5, 0.6) is 0 Å². The van der Waals surface area contributed by atoms with E-state index in [1.165, 1.54) is 0 Å². The summed E-state index contributed by atoms with van der Waals surface area (Å²) in [7, 11) is 0. The fourth-order valence-electron chi connectivity index (χ4n) is 4.22. The van der Waals surface area contributed by atoms with E-state index in [0.717, 1.165) is 22.5 Å². The monoisotopic (exact) mass is 481 g/mol. The summed E-state index contributed by atoms with van der Waals surface area (Å²) in [4.78, 5) is 19.9. The Morgan fingerprint density at radius 1 is 0.971 bits per heavy atom. The Morgan fingerprint density at radius 2 is 1.63 bits per heavy atom. The van der Waals surface area contributed by atoms with Crippen LogP contribution in [0.3, 0.4) is 0 Å². The zero-order valence-electron chi connectivity index (χ0n) is 19.1. The van der Waals surface area contributed by atoms with Crippen LogP contribution in [-0.4, -0.2) is 15.9 Å². The lowest BCUT2D eigenvalue weighted by molar-refractivity contribution is -0.114. The lowest BCUT2D eigenvalue weighted by Gasteiger charge is -2.29. The number of nitrogens with zero attached hydrogens (tertiary/aromatic N) is 2. The highest BCUT2D eigenvalue weighted by atomic mass is 35.5. The number of anilines is 3. The Morgan fingerprint density at radius 3 is 2.31 bits per heavy atom. The highest BCUT2D eigenvalue weighted by Gasteiger charge is 2.28. The van der Waals surface area contributed by atoms with Crippen molar-refractivity contribution in [2.75, 3.05) is 10.2 Å². The number of pyridine rings is 1. The Balaban J connectivity index is 1.66. The number of nitrogens with one attached hydrogen (secondary N) is 1. The molecule has 5 rings (SSSR count). The summed E-state index contributed by atoms with van der Waals surface area (Å²) in [6.45, 7) is 1.95. The Labute approximate surface area is 209 Å². The summed E-state index contributed by atoms with van der Waals surface area (Å²) in [6, 6.07) is 28.4. The molecule has 0 saturated carbocycles. The van der Waals surface area contributed by atoms with Crippen LogP contribution >= 0.6 is 11.6 Å². The molecule has 1 atom stereocenters. The SMILES string of the molecule is Cc1cc(C(O)c2ccc(Cl)cc2)nc2c1CC(=O)C=C(Nc1ccccc1)N2c1ccccc1. The van der Waals surface area contributed by atoms with Gasteiger partial charge in [0.15, 0.2) is 5.78 Å². The number of rotatable bonds is 5. The molecule has 2 heterocycles. The number of ketones is 1. The van der Waals surface area contributed by atoms with Crippen LogP contribution < -0.4 is 10.2 Å². The van der Waals surface area contributed by atoms with E-state index in [0.29, 0.717) is 27.9 Å². The summed E-state index contributed by atoms with van der Waals surface area (Å²) < 4.78 is 0. The number of aryl methyl sites for hydroxylation is 1. The number of hydrogen-bond donors (Lipinski definition) is 2. The molecule has 1 unspecified atom stereocenters. The first-order valence-electron chi connectivity index (χ1n) is 11.4. The van der Waals surface area contributed by atoms with Gasteiger partial charge in [0.2, 0.25) is 0 Å². The van der Waals surface area contributed by atoms with Gasteiger partial charge in [-0.2, -0.15) is 0 Å². The number of aliphatic hydroxyl groups excluding tert-OH is 1. The molecule has 35 heavy (non-hydrogen) atoms. The van der Waals surface area contributed by atoms with Crippen molar-refractivity contribution in [2.24, 2.45) is 0 Å². The van der Waals surface area contributed by atoms with Crippen LogP contribution in [0.15, 0.2) is 103 Å². The molecular formula is C29H24ClN3O2. The van der Waals surface area contributed by atoms with Crippen molar-refractivity contribution in [1.82, 2.24) is 4.98 Å². The minimum absolute atomic E-state index is 0.0287. The summed E-state index contributed by atoms with van der Waals surface area (Å²) in [6.07, 6.45) is 0.896. The molecule has 3 aromatic carbocycles. The highest BCUT2D eigenvalue weighted by Crippen LogP contribution is 2.37. The molecule has 0 aliphatic carbocycles. The van der Waals surface area contributed by atoms with Crippen LogP contribution in [0.2, 0.25) is 5.02 Å². The number of aliphatic hydroxyl groups is 1. The number of halogens is 1. The molecule has 0 bridgehead atoms. The van der Waals surface area contributed by atoms with E-state index in [4.69, 9.17) is 16.6 Å². The number of benzene rings is 3. The normalized spacial score (nSPS) is 14.1. The van der Waals surface area contributed by atoms with Crippen molar-refractivity contribution < 1.29 is 9.90 Å². The molecule has 5 nitrogen and oxygen atoms in total. The third kappa shape index (κ3) is 4.83. The largest absolute Gasteiger partial charge is 0.382 e. The van der Waals surface area contributed by atoms with Gasteiger partial charge in [-0.15, -0.1) is 0 Å². The minimum Gasteiger partial charge on any atom is -0.382 e. The third-order valence-corrected chi connectivity index (χ3v) is 6.23. The first-order valence-corrected chi connectivity index (χ1v) is 11.7. The van der Waals surface area contributed by atoms with Gasteiger partial charge in [0.1, 0.15) is 17.7 Å². The highest BCUT2D eigenvalue weighted by molar-refractivity contribution is 6.30. The van der Waals surface area contributed by atoms with E-state index in [1.807, 2.05) is 78.6 Å². The van der Waals surface area contributed by atoms with Crippen LogP contribution in [0.4, 0.5) is 17.2 Å². The number of fused-ring (bicyclic) bond motifs is 1. The fourth-order valence-corrected chi connectivity index (χ4v) is 4.35. The maximum atomic E-state index is 13.0. The zero-order valence-corrected chi connectivity index (χ0v) is 19.9. The number of aromatic nitrogens is 1. The van der Waals surface area contributed by atoms with Gasteiger partial charge in [0, 0.05) is 34.5 Å². The maximum absolute atomic E-state index is 13.0. The van der Waals surface area contributed by atoms with E-state index in [1.54, 1.807) is 30.3 Å². The van der Waals surface area contributed by atoms with E-state index < -0.39 is 6.10 Å². The molecule has 1 aromatic heterocycles. The van der Waals surface area contributed by atoms with E-state index in [9.17, 15) is 9.90 Å². The second kappa shape index (κ2) is 9.74. The van der Waals surface area contributed by atoms with Crippen molar-refractivity contribution in [3.63, 3.8) is 0 Å². The van der Waals surface area contributed by atoms with Crippen LogP contribution in [-0.2, 0) is 11.2 Å². The summed E-state index contributed by atoms with van der Waals surface area (Å²) in [5, 5.41) is 15.2. The molecular weight excluding hydrogens is 458 g/mol. The quantitative estimate of drug-likeness (QED) is 0.348. The number of hydrogen-bond acceptors (Lipinski definition) is 5. The molecule has 0 fully saturated rings. The van der Waals surface area contributed by atoms with Crippen molar-refractivity contribution >= 4 is 34.6 Å². The smallest absolute Gasteiger partial charge is 0.163 e. The number of para-hydroxylation sites is 2. The van der Waals surface area contributed by atoms with Crippen LogP contribution in [0.1, 0.15) is 28.5 Å². The van der Waals surface area contributed by atoms with Crippen molar-refractivity contribution in [2.45, 2.75) is 19.4 Å². The second-order valence-corrected chi connectivity index (χ2v) is 8.89. The number of carbonyl (C=O) groups excluding carboxylic acids is 1. The molecule has 1 aliphatic heterocycles. The predicted molar refractivity (Wildman–Crippen MR) is 140 cm³/mol. The topological polar surface area (TPSA) is 65.5 Å². The van der Waals surface area contributed by atoms with E-state index in [-0.39, 0.29) is 12.2 Å². The van der Waals surface area contributed by atoms with Gasteiger partial charge in [-0.05, 0) is 60.5 Å². The molecule has 174 valence electrons. The Hall–Kier alpha value is -3.93. The first-order chi connectivity index (χ1) is 17.0. The van der Waals surface area contributed by atoms with Gasteiger partial charge in [0.25, 0.3) is 0 Å². The standard InChI is InChI=1S/C29H24ClN3O2/c1-19-16-26(28(35)20-12-14-21(30)15-13-20)32-29-25(19)17-24(34)18-27(31-22-8-4-2-5-9-22)33(29)23-10-6-3-7-11-23/h2-16,18,28,31,35H,17H2,1H3. The van der Waals surface area contributed by atoms with E-state index in [2.05, 4.69) is 5.32 Å². The average molecular weight is 482 g/mol. The first kappa shape index (κ1) is 22.8. The Kier molecular flexibility index (Phi) is 6.36. The predicted octanol–water partition coefficient (Wildman–Crippen LogP) is 6.34. The van der Waals surface area contributed by atoms with Crippen LogP contribution in [0, 0.1) is 6.92 Å². The van der Waals surface area contributed by atoms with Crippen LogP contribution in [0.25, 0.3) is 0 Å². The number of carbonyl (C=O) groups is 1. The average Bonchev–Trinajstić information content (AvgIpc) is 3.01. The summed E-state index contributed by atoms with van der Waals surface area (Å²) in [5.74, 6) is 1.18. The molecule has 4 aromatic rings. The van der Waals surface area contributed by atoms with Gasteiger partial charge in [-0.3, -0.25) is 9.69 Å². The van der Waals surface area contributed by atoms with Gasteiger partial charge in [-0.1, -0.05) is 60.1 Å². The van der Waals surface area contributed by atoms with Gasteiger partial charge in [0.05, 0.1) is 5.69 Å². The van der Waals surface area contributed by atoms with Crippen molar-refractivity contribution in [1.29, 1.82) is 0 Å². The molecule has 0 amide bonds. The van der Waals surface area contributed by atoms with E-state index >= 15 is 0 Å². The number of allylic oxidation sites excluding steroid dienone is 1. The third-order valence-electron chi connectivity index (χ3n) is 5.97. The molecule has 6 heteroatoms. The molecule has 2 N–H and O–H groups in total. The summed E-state index contributed by atoms with van der Waals surface area (Å²) in [5.41, 5.74) is 4.61. The second-order valence-electron chi connectivity index (χ2n) is 8.45. The maximum Gasteiger partial charge on any atom is 0.163 e. The van der Waals surface area contributed by atoms with Gasteiger partial charge >= 0.3 is 0 Å². The fraction of sp³-hybridized carbons (Fsp3) is 0.103. The van der Waals surface area contributed by atoms with Crippen molar-refractivity contribution in [3.8, 4) is 0 Å². The zero-order chi connectivity index (χ0) is 24.4.